The molecule has 2 N–H and O–H groups in total. The van der Waals surface area contributed by atoms with Crippen LogP contribution in [0, 0.1) is 0 Å². The van der Waals surface area contributed by atoms with E-state index in [9.17, 15) is 9.59 Å². The number of rotatable bonds is 7. The molecule has 0 aliphatic heterocycles. The van der Waals surface area contributed by atoms with Crippen molar-refractivity contribution in [3.05, 3.63) is 113 Å². The Morgan fingerprint density at radius 1 is 0.952 bits per heavy atom. The number of methoxy groups -OCH3 is 1. The summed E-state index contributed by atoms with van der Waals surface area (Å²) in [4.78, 5) is 29.5. The Bertz CT molecular complexity index is 1870. The normalized spacial score (nSPS) is 11.2. The molecule has 212 valence electrons. The molecule has 4 aromatic carbocycles. The standard InChI is InChI=1S/C30H18Br3Cl2N3O4/c1-41-23-11-10-20(32)25-24(19-4-2-3-5-22(19)35)27(37-26(23)25)29(39)38-36-14-16-12-17(31)13-21(33)28(16)42-30(40)15-6-8-18(34)9-7-15/h2-14,37H,1H3,(H,38,39). The summed E-state index contributed by atoms with van der Waals surface area (Å²) in [5.41, 5.74) is 5.38. The lowest BCUT2D eigenvalue weighted by Crippen LogP contribution is -2.19. The van der Waals surface area contributed by atoms with Crippen LogP contribution < -0.4 is 14.9 Å². The summed E-state index contributed by atoms with van der Waals surface area (Å²) >= 11 is 23.0. The summed E-state index contributed by atoms with van der Waals surface area (Å²) in [5, 5.41) is 5.87. The van der Waals surface area contributed by atoms with E-state index in [1.165, 1.54) is 6.21 Å². The van der Waals surface area contributed by atoms with Crippen molar-refractivity contribution in [1.82, 2.24) is 10.4 Å². The maximum absolute atomic E-state index is 13.6. The average Bonchev–Trinajstić information content (AvgIpc) is 3.37. The van der Waals surface area contributed by atoms with Crippen molar-refractivity contribution >= 4 is 100.0 Å². The van der Waals surface area contributed by atoms with Crippen LogP contribution in [0.15, 0.2) is 91.3 Å². The fraction of sp³-hybridized carbons (Fsp3) is 0.0333. The molecule has 0 aliphatic rings. The number of amides is 1. The van der Waals surface area contributed by atoms with E-state index in [2.05, 4.69) is 63.3 Å². The zero-order valence-electron chi connectivity index (χ0n) is 21.5. The van der Waals surface area contributed by atoms with Gasteiger partial charge in [0.15, 0.2) is 5.75 Å². The molecule has 0 bridgehead atoms. The molecule has 0 aliphatic carbocycles. The number of nitrogens with zero attached hydrogens (tertiary/aromatic N) is 1. The highest BCUT2D eigenvalue weighted by Crippen LogP contribution is 2.43. The van der Waals surface area contributed by atoms with Gasteiger partial charge in [-0.25, -0.2) is 10.2 Å². The predicted octanol–water partition coefficient (Wildman–Crippen LogP) is 9.42. The van der Waals surface area contributed by atoms with Crippen molar-refractivity contribution in [1.29, 1.82) is 0 Å². The number of benzene rings is 4. The highest BCUT2D eigenvalue weighted by Gasteiger charge is 2.24. The van der Waals surface area contributed by atoms with E-state index in [4.69, 9.17) is 32.7 Å². The highest BCUT2D eigenvalue weighted by molar-refractivity contribution is 9.11. The predicted molar refractivity (Wildman–Crippen MR) is 176 cm³/mol. The van der Waals surface area contributed by atoms with E-state index in [0.29, 0.717) is 52.5 Å². The van der Waals surface area contributed by atoms with E-state index in [0.717, 1.165) is 9.86 Å². The number of fused-ring (bicyclic) bond motifs is 1. The molecule has 0 fully saturated rings. The van der Waals surface area contributed by atoms with Crippen molar-refractivity contribution in [2.75, 3.05) is 7.11 Å². The van der Waals surface area contributed by atoms with E-state index in [1.54, 1.807) is 55.6 Å². The molecule has 0 unspecified atom stereocenters. The first-order valence-corrected chi connectivity index (χ1v) is 15.2. The van der Waals surface area contributed by atoms with Crippen LogP contribution in [0.3, 0.4) is 0 Å². The molecule has 5 rings (SSSR count). The van der Waals surface area contributed by atoms with Gasteiger partial charge in [0.05, 0.1) is 28.9 Å². The van der Waals surface area contributed by atoms with Gasteiger partial charge in [0, 0.05) is 41.1 Å². The number of ether oxygens (including phenoxy) is 2. The summed E-state index contributed by atoms with van der Waals surface area (Å²) in [6, 6.07) is 20.6. The molecule has 1 amide bonds. The fourth-order valence-electron chi connectivity index (χ4n) is 4.25. The third kappa shape index (κ3) is 6.28. The molecule has 0 saturated carbocycles. The molecule has 1 aromatic heterocycles. The number of aromatic amines is 1. The zero-order chi connectivity index (χ0) is 30.0. The van der Waals surface area contributed by atoms with Crippen LogP contribution in [0.1, 0.15) is 26.4 Å². The van der Waals surface area contributed by atoms with Gasteiger partial charge in [0.2, 0.25) is 0 Å². The van der Waals surface area contributed by atoms with Crippen LogP contribution in [-0.2, 0) is 0 Å². The summed E-state index contributed by atoms with van der Waals surface area (Å²) in [6.45, 7) is 0. The average molecular weight is 795 g/mol. The summed E-state index contributed by atoms with van der Waals surface area (Å²) in [5.74, 6) is -0.349. The van der Waals surface area contributed by atoms with Gasteiger partial charge in [-0.1, -0.05) is 73.3 Å². The lowest BCUT2D eigenvalue weighted by Gasteiger charge is -2.11. The monoisotopic (exact) mass is 791 g/mol. The first-order valence-electron chi connectivity index (χ1n) is 12.1. The van der Waals surface area contributed by atoms with Crippen LogP contribution in [-0.4, -0.2) is 30.2 Å². The molecular formula is C30H18Br3Cl2N3O4. The number of hydrogen-bond acceptors (Lipinski definition) is 5. The van der Waals surface area contributed by atoms with Gasteiger partial charge < -0.3 is 14.5 Å². The first kappa shape index (κ1) is 30.3. The van der Waals surface area contributed by atoms with Gasteiger partial charge in [-0.3, -0.25) is 4.79 Å². The van der Waals surface area contributed by atoms with Crippen LogP contribution in [0.5, 0.6) is 11.5 Å². The third-order valence-electron chi connectivity index (χ3n) is 6.14. The number of halogens is 5. The number of hydrazone groups is 1. The number of carbonyl (C=O) groups is 2. The van der Waals surface area contributed by atoms with Gasteiger partial charge in [0.25, 0.3) is 5.91 Å². The number of hydrogen-bond donors (Lipinski definition) is 2. The molecule has 12 heteroatoms. The second kappa shape index (κ2) is 13.0. The minimum atomic E-state index is -0.588. The SMILES string of the molecule is COc1ccc(Br)c2c(-c3ccccc3Cl)c(C(=O)NN=Cc3cc(Br)cc(Br)c3OC(=O)c3ccc(Cl)cc3)[nH]c12. The molecule has 7 nitrogen and oxygen atoms in total. The third-order valence-corrected chi connectivity index (χ3v) is 8.43. The zero-order valence-corrected chi connectivity index (χ0v) is 27.7. The van der Waals surface area contributed by atoms with Gasteiger partial charge in [-0.2, -0.15) is 5.10 Å². The second-order valence-electron chi connectivity index (χ2n) is 8.76. The molecule has 5 aromatic rings. The Labute approximate surface area is 275 Å². The molecule has 0 saturated heterocycles. The molecule has 1 heterocycles. The Morgan fingerprint density at radius 2 is 1.69 bits per heavy atom. The van der Waals surface area contributed by atoms with Crippen molar-refractivity contribution in [2.45, 2.75) is 0 Å². The largest absolute Gasteiger partial charge is 0.495 e. The molecule has 0 radical (unpaired) electrons. The quantitative estimate of drug-likeness (QED) is 0.0744. The summed E-state index contributed by atoms with van der Waals surface area (Å²) in [6.07, 6.45) is 1.38. The van der Waals surface area contributed by atoms with Crippen molar-refractivity contribution in [2.24, 2.45) is 5.10 Å². The molecular weight excluding hydrogens is 777 g/mol. The minimum absolute atomic E-state index is 0.215. The topological polar surface area (TPSA) is 92.8 Å². The molecule has 0 spiro atoms. The van der Waals surface area contributed by atoms with Gasteiger partial charge in [-0.05, 0) is 70.5 Å². The molecule has 0 atom stereocenters. The van der Waals surface area contributed by atoms with Crippen molar-refractivity contribution in [3.8, 4) is 22.6 Å². The van der Waals surface area contributed by atoms with Crippen LogP contribution in [0.4, 0.5) is 0 Å². The lowest BCUT2D eigenvalue weighted by atomic mass is 10.0. The van der Waals surface area contributed by atoms with Crippen molar-refractivity contribution in [3.63, 3.8) is 0 Å². The van der Waals surface area contributed by atoms with Crippen LogP contribution in [0.2, 0.25) is 10.0 Å². The van der Waals surface area contributed by atoms with E-state index >= 15 is 0 Å². The maximum Gasteiger partial charge on any atom is 0.343 e. The summed E-state index contributed by atoms with van der Waals surface area (Å²) < 4.78 is 13.2. The van der Waals surface area contributed by atoms with E-state index in [-0.39, 0.29) is 11.4 Å². The van der Waals surface area contributed by atoms with Gasteiger partial charge in [0.1, 0.15) is 11.4 Å². The Balaban J connectivity index is 1.49. The van der Waals surface area contributed by atoms with Crippen LogP contribution >= 0.6 is 71.0 Å². The van der Waals surface area contributed by atoms with Gasteiger partial charge >= 0.3 is 5.97 Å². The number of nitrogens with one attached hydrogen (secondary N) is 2. The summed E-state index contributed by atoms with van der Waals surface area (Å²) in [7, 11) is 1.55. The van der Waals surface area contributed by atoms with E-state index < -0.39 is 11.9 Å². The Hall–Kier alpha value is -3.15. The number of carbonyl (C=O) groups excluding carboxylic acids is 2. The second-order valence-corrected chi connectivity index (χ2v) is 12.2. The Kier molecular flexibility index (Phi) is 9.39. The number of aromatic nitrogens is 1. The minimum Gasteiger partial charge on any atom is -0.495 e. The van der Waals surface area contributed by atoms with E-state index in [1.807, 2.05) is 24.3 Å². The van der Waals surface area contributed by atoms with Gasteiger partial charge in [-0.15, -0.1) is 0 Å². The highest BCUT2D eigenvalue weighted by atomic mass is 79.9. The van der Waals surface area contributed by atoms with Crippen LogP contribution in [0.25, 0.3) is 22.0 Å². The molecule has 42 heavy (non-hydrogen) atoms. The lowest BCUT2D eigenvalue weighted by molar-refractivity contribution is 0.0733. The number of esters is 1. The van der Waals surface area contributed by atoms with Crippen molar-refractivity contribution < 1.29 is 19.1 Å². The smallest absolute Gasteiger partial charge is 0.343 e. The fourth-order valence-corrected chi connectivity index (χ4v) is 6.47. The Morgan fingerprint density at radius 3 is 2.40 bits per heavy atom. The number of H-pyrrole nitrogens is 1. The maximum atomic E-state index is 13.6. The first-order chi connectivity index (χ1) is 20.2.